The van der Waals surface area contributed by atoms with Crippen molar-refractivity contribution >= 4 is 61.3 Å². The quantitative estimate of drug-likeness (QED) is 0.138. The molecule has 46 heavy (non-hydrogen) atoms. The molecule has 0 saturated carbocycles. The van der Waals surface area contributed by atoms with Crippen LogP contribution in [-0.4, -0.2) is 0 Å². The van der Waals surface area contributed by atoms with E-state index in [4.69, 9.17) is 0 Å². The molecule has 0 aliphatic heterocycles. The number of fused-ring (bicyclic) bond motifs is 7. The normalized spacial score (nSPS) is 13.2. The molecular weight excluding hydrogens is 553 g/mol. The van der Waals surface area contributed by atoms with Crippen molar-refractivity contribution in [1.29, 1.82) is 0 Å². The van der Waals surface area contributed by atoms with Crippen molar-refractivity contribution in [2.24, 2.45) is 0 Å². The molecule has 1 aliphatic carbocycles. The van der Waals surface area contributed by atoms with E-state index >= 15 is 0 Å². The van der Waals surface area contributed by atoms with Gasteiger partial charge in [0.2, 0.25) is 0 Å². The first-order valence-electron chi connectivity index (χ1n) is 16.7. The fourth-order valence-electron chi connectivity index (χ4n) is 7.65. The summed E-state index contributed by atoms with van der Waals surface area (Å²) >= 11 is 0. The summed E-state index contributed by atoms with van der Waals surface area (Å²) in [5.74, 6) is 0.0124. The van der Waals surface area contributed by atoms with Crippen LogP contribution >= 0.6 is 0 Å². The summed E-state index contributed by atoms with van der Waals surface area (Å²) < 4.78 is 0. The standard InChI is InChI=1S/C44H34.C2H6/c1-3-15-29-26-41(38-23-12-9-20-35(38)32(29)4-2)44(42-27-30-16-5-7-18-33(30)36-21-10-13-24-39(36)42)43-28-31-17-6-8-19-34(31)37-22-11-14-25-40(37)43;1-2/h3-10,12-21,23-28,44H,2,11,22H2,1H3;1-2H3/b15-3-;. The summed E-state index contributed by atoms with van der Waals surface area (Å²) in [6.45, 7) is 10.3. The van der Waals surface area contributed by atoms with Crippen molar-refractivity contribution in [1.82, 2.24) is 0 Å². The Morgan fingerprint density at radius 2 is 1.15 bits per heavy atom. The van der Waals surface area contributed by atoms with E-state index in [0.717, 1.165) is 12.8 Å². The largest absolute Gasteiger partial charge is 0.0984 e. The van der Waals surface area contributed by atoms with E-state index in [1.807, 2.05) is 19.9 Å². The van der Waals surface area contributed by atoms with E-state index in [9.17, 15) is 0 Å². The van der Waals surface area contributed by atoms with Crippen molar-refractivity contribution in [2.75, 3.05) is 0 Å². The third-order valence-electron chi connectivity index (χ3n) is 9.51. The summed E-state index contributed by atoms with van der Waals surface area (Å²) in [5.41, 5.74) is 9.28. The molecule has 224 valence electrons. The number of aryl methyl sites for hydroxylation is 1. The molecule has 0 nitrogen and oxygen atoms in total. The van der Waals surface area contributed by atoms with Crippen LogP contribution < -0.4 is 0 Å². The second-order valence-electron chi connectivity index (χ2n) is 11.9. The third kappa shape index (κ3) is 4.86. The van der Waals surface area contributed by atoms with Crippen molar-refractivity contribution in [2.45, 2.75) is 39.5 Å². The molecule has 0 bridgehead atoms. The number of hydrogen-bond acceptors (Lipinski definition) is 0. The second kappa shape index (κ2) is 12.7. The minimum atomic E-state index is 0.0124. The highest BCUT2D eigenvalue weighted by molar-refractivity contribution is 6.10. The molecule has 7 aromatic rings. The summed E-state index contributed by atoms with van der Waals surface area (Å²) in [7, 11) is 0. The first-order valence-corrected chi connectivity index (χ1v) is 16.7. The van der Waals surface area contributed by atoms with E-state index in [-0.39, 0.29) is 5.92 Å². The fourth-order valence-corrected chi connectivity index (χ4v) is 7.65. The number of rotatable bonds is 5. The molecule has 0 saturated heterocycles. The van der Waals surface area contributed by atoms with Gasteiger partial charge in [0.1, 0.15) is 0 Å². The monoisotopic (exact) mass is 592 g/mol. The fraction of sp³-hybridized carbons (Fsp3) is 0.130. The topological polar surface area (TPSA) is 0 Å². The maximum atomic E-state index is 4.24. The molecule has 0 amide bonds. The first-order chi connectivity index (χ1) is 22.8. The van der Waals surface area contributed by atoms with Crippen molar-refractivity contribution in [3.63, 3.8) is 0 Å². The molecule has 7 aromatic carbocycles. The van der Waals surface area contributed by atoms with E-state index in [1.165, 1.54) is 82.0 Å². The van der Waals surface area contributed by atoms with Gasteiger partial charge in [-0.1, -0.05) is 148 Å². The molecular formula is C46H40. The molecule has 0 radical (unpaired) electrons. The van der Waals surface area contributed by atoms with Gasteiger partial charge in [-0.3, -0.25) is 0 Å². The van der Waals surface area contributed by atoms with Crippen molar-refractivity contribution in [3.8, 4) is 0 Å². The summed E-state index contributed by atoms with van der Waals surface area (Å²) in [5, 5.41) is 10.4. The van der Waals surface area contributed by atoms with Crippen LogP contribution in [0.1, 0.15) is 72.1 Å². The lowest BCUT2D eigenvalue weighted by Crippen LogP contribution is -2.11. The molecule has 0 heteroatoms. The van der Waals surface area contributed by atoms with E-state index < -0.39 is 0 Å². The lowest BCUT2D eigenvalue weighted by Gasteiger charge is -2.28. The van der Waals surface area contributed by atoms with Gasteiger partial charge in [0.15, 0.2) is 0 Å². The highest BCUT2D eigenvalue weighted by Gasteiger charge is 2.28. The third-order valence-corrected chi connectivity index (χ3v) is 9.51. The average Bonchev–Trinajstić information content (AvgIpc) is 3.13. The Morgan fingerprint density at radius 1 is 0.609 bits per heavy atom. The van der Waals surface area contributed by atoms with Crippen LogP contribution in [0, 0.1) is 0 Å². The molecule has 0 heterocycles. The Morgan fingerprint density at radius 3 is 1.85 bits per heavy atom. The van der Waals surface area contributed by atoms with Crippen LogP contribution in [0.4, 0.5) is 0 Å². The number of hydrogen-bond donors (Lipinski definition) is 0. The van der Waals surface area contributed by atoms with Gasteiger partial charge in [0.05, 0.1) is 0 Å². The van der Waals surface area contributed by atoms with E-state index in [0.29, 0.717) is 0 Å². The lowest BCUT2D eigenvalue weighted by atomic mass is 9.74. The molecule has 0 N–H and O–H groups in total. The van der Waals surface area contributed by atoms with Gasteiger partial charge >= 0.3 is 0 Å². The molecule has 0 fully saturated rings. The van der Waals surface area contributed by atoms with Crippen LogP contribution in [0.25, 0.3) is 61.3 Å². The second-order valence-corrected chi connectivity index (χ2v) is 11.9. The highest BCUT2D eigenvalue weighted by Crippen LogP contribution is 2.46. The predicted octanol–water partition coefficient (Wildman–Crippen LogP) is 13.1. The molecule has 1 aliphatic rings. The van der Waals surface area contributed by atoms with Crippen LogP contribution in [-0.2, 0) is 6.42 Å². The SMILES string of the molecule is C=Cc1c(/C=C\C)cc(C(c2cc3ccccc3c3c2C=CCC3)c2cc3ccccc3c3ccccc23)c2ccccc12.CC. The predicted molar refractivity (Wildman–Crippen MR) is 204 cm³/mol. The minimum absolute atomic E-state index is 0.0124. The van der Waals surface area contributed by atoms with Gasteiger partial charge in [-0.15, -0.1) is 0 Å². The smallest absolute Gasteiger partial charge is 0.0358 e. The van der Waals surface area contributed by atoms with Gasteiger partial charge in [-0.2, -0.15) is 0 Å². The van der Waals surface area contributed by atoms with Crippen LogP contribution in [0.3, 0.4) is 0 Å². The van der Waals surface area contributed by atoms with Crippen molar-refractivity contribution in [3.05, 3.63) is 173 Å². The van der Waals surface area contributed by atoms with Gasteiger partial charge < -0.3 is 0 Å². The van der Waals surface area contributed by atoms with E-state index in [1.54, 1.807) is 0 Å². The average molecular weight is 593 g/mol. The van der Waals surface area contributed by atoms with E-state index in [2.05, 4.69) is 153 Å². The zero-order valence-electron chi connectivity index (χ0n) is 27.1. The first kappa shape index (κ1) is 29.5. The lowest BCUT2D eigenvalue weighted by molar-refractivity contribution is 0.955. The Balaban J connectivity index is 0.00000166. The summed E-state index contributed by atoms with van der Waals surface area (Å²) in [6, 6.07) is 43.0. The molecule has 1 unspecified atom stereocenters. The maximum absolute atomic E-state index is 4.24. The Hall–Kier alpha value is -5.20. The number of benzene rings is 7. The van der Waals surface area contributed by atoms with Gasteiger partial charge in [-0.05, 0) is 120 Å². The van der Waals surface area contributed by atoms with Gasteiger partial charge in [-0.25, -0.2) is 0 Å². The van der Waals surface area contributed by atoms with Crippen LogP contribution in [0.15, 0.2) is 134 Å². The van der Waals surface area contributed by atoms with Crippen molar-refractivity contribution < 1.29 is 0 Å². The number of allylic oxidation sites excluding steroid dienone is 2. The van der Waals surface area contributed by atoms with Gasteiger partial charge in [0.25, 0.3) is 0 Å². The molecule has 8 rings (SSSR count). The zero-order chi connectivity index (χ0) is 31.6. The van der Waals surface area contributed by atoms with Crippen LogP contribution in [0.2, 0.25) is 0 Å². The highest BCUT2D eigenvalue weighted by atomic mass is 14.3. The molecule has 0 spiro atoms. The Bertz CT molecular complexity index is 2310. The Kier molecular flexibility index (Phi) is 8.12. The summed E-state index contributed by atoms with van der Waals surface area (Å²) in [6.07, 6.45) is 13.3. The minimum Gasteiger partial charge on any atom is -0.0984 e. The van der Waals surface area contributed by atoms with Gasteiger partial charge in [0, 0.05) is 5.92 Å². The zero-order valence-corrected chi connectivity index (χ0v) is 27.1. The Labute approximate surface area is 273 Å². The summed E-state index contributed by atoms with van der Waals surface area (Å²) in [4.78, 5) is 0. The molecule has 0 aromatic heterocycles. The van der Waals surface area contributed by atoms with Crippen LogP contribution in [0.5, 0.6) is 0 Å². The molecule has 1 atom stereocenters. The maximum Gasteiger partial charge on any atom is 0.0358 e.